The summed E-state index contributed by atoms with van der Waals surface area (Å²) in [4.78, 5) is 11.1. The van der Waals surface area contributed by atoms with Crippen molar-refractivity contribution in [1.82, 2.24) is 5.43 Å². The Morgan fingerprint density at radius 2 is 2.07 bits per heavy atom. The van der Waals surface area contributed by atoms with Gasteiger partial charge < -0.3 is 0 Å². The van der Waals surface area contributed by atoms with E-state index in [2.05, 4.69) is 33.1 Å². The number of amides is 1. The fourth-order valence-electron chi connectivity index (χ4n) is 1.62. The van der Waals surface area contributed by atoms with Crippen LogP contribution in [0.4, 0.5) is 0 Å². The number of halogens is 1. The molecule has 1 aliphatic heterocycles. The fourth-order valence-corrected chi connectivity index (χ4v) is 1.98. The molecule has 78 valence electrons. The summed E-state index contributed by atoms with van der Waals surface area (Å²) in [6.07, 6.45) is 0.519. The highest BCUT2D eigenvalue weighted by Gasteiger charge is 2.21. The van der Waals surface area contributed by atoms with Crippen LogP contribution < -0.4 is 5.43 Å². The van der Waals surface area contributed by atoms with Crippen LogP contribution in [0.2, 0.25) is 0 Å². The molecule has 0 saturated carbocycles. The lowest BCUT2D eigenvalue weighted by Crippen LogP contribution is -2.31. The quantitative estimate of drug-likeness (QED) is 0.793. The lowest BCUT2D eigenvalue weighted by molar-refractivity contribution is -0.121. The smallest absolute Gasteiger partial charge is 0.240 e. The number of hydrogen-bond donors (Lipinski definition) is 1. The van der Waals surface area contributed by atoms with Crippen LogP contribution in [0.15, 0.2) is 29.4 Å². The number of rotatable bonds is 1. The zero-order valence-corrected chi connectivity index (χ0v) is 10.5. The van der Waals surface area contributed by atoms with Gasteiger partial charge in [-0.2, -0.15) is 5.10 Å². The van der Waals surface area contributed by atoms with Crippen LogP contribution in [-0.4, -0.2) is 11.6 Å². The van der Waals surface area contributed by atoms with E-state index in [1.807, 2.05) is 31.2 Å². The molecule has 1 aromatic rings. The van der Waals surface area contributed by atoms with E-state index in [4.69, 9.17) is 0 Å². The van der Waals surface area contributed by atoms with Gasteiger partial charge in [-0.25, -0.2) is 5.43 Å². The third kappa shape index (κ3) is 2.37. The second kappa shape index (κ2) is 4.30. The molecule has 1 heterocycles. The minimum atomic E-state index is -0.00300. The van der Waals surface area contributed by atoms with E-state index in [9.17, 15) is 4.79 Å². The van der Waals surface area contributed by atoms with Gasteiger partial charge in [-0.05, 0) is 40.3 Å². The van der Waals surface area contributed by atoms with Crippen LogP contribution in [0.25, 0.3) is 0 Å². The molecule has 1 N–H and O–H groups in total. The van der Waals surface area contributed by atoms with Gasteiger partial charge in [0.15, 0.2) is 0 Å². The van der Waals surface area contributed by atoms with Gasteiger partial charge in [-0.3, -0.25) is 4.79 Å². The molecular formula is C11H11IN2O. The van der Waals surface area contributed by atoms with Crippen molar-refractivity contribution in [3.05, 3.63) is 33.4 Å². The van der Waals surface area contributed by atoms with E-state index in [-0.39, 0.29) is 11.8 Å². The van der Waals surface area contributed by atoms with Crippen molar-refractivity contribution in [2.45, 2.75) is 13.3 Å². The molecule has 0 aromatic heterocycles. The third-order valence-corrected chi connectivity index (χ3v) is 3.12. The van der Waals surface area contributed by atoms with Crippen molar-refractivity contribution >= 4 is 34.2 Å². The SMILES string of the molecule is C[C@@H]1CC(=O)NN=C1c1ccc(I)cc1. The van der Waals surface area contributed by atoms with E-state index in [1.54, 1.807) is 0 Å². The molecule has 0 bridgehead atoms. The van der Waals surface area contributed by atoms with E-state index >= 15 is 0 Å². The maximum Gasteiger partial charge on any atom is 0.240 e. The number of nitrogens with one attached hydrogen (secondary N) is 1. The van der Waals surface area contributed by atoms with E-state index in [0.717, 1.165) is 11.3 Å². The Bertz CT molecular complexity index is 411. The van der Waals surface area contributed by atoms with Gasteiger partial charge in [0, 0.05) is 15.9 Å². The molecule has 1 amide bonds. The second-order valence-corrected chi connectivity index (χ2v) is 4.89. The van der Waals surface area contributed by atoms with Crippen LogP contribution in [0.1, 0.15) is 18.9 Å². The van der Waals surface area contributed by atoms with Gasteiger partial charge in [-0.15, -0.1) is 0 Å². The molecule has 1 aromatic carbocycles. The van der Waals surface area contributed by atoms with E-state index in [0.29, 0.717) is 6.42 Å². The van der Waals surface area contributed by atoms with Gasteiger partial charge in [0.1, 0.15) is 0 Å². The summed E-state index contributed by atoms with van der Waals surface area (Å²) in [6, 6.07) is 8.16. The summed E-state index contributed by atoms with van der Waals surface area (Å²) in [5.74, 6) is 0.190. The van der Waals surface area contributed by atoms with E-state index < -0.39 is 0 Å². The van der Waals surface area contributed by atoms with Gasteiger partial charge >= 0.3 is 0 Å². The lowest BCUT2D eigenvalue weighted by atomic mass is 9.94. The molecule has 3 nitrogen and oxygen atoms in total. The summed E-state index contributed by atoms with van der Waals surface area (Å²) < 4.78 is 1.20. The summed E-state index contributed by atoms with van der Waals surface area (Å²) >= 11 is 2.27. The normalized spacial score (nSPS) is 20.8. The summed E-state index contributed by atoms with van der Waals surface area (Å²) in [7, 11) is 0. The van der Waals surface area contributed by atoms with Crippen LogP contribution in [-0.2, 0) is 4.79 Å². The molecule has 0 radical (unpaired) electrons. The first-order valence-corrected chi connectivity index (χ1v) is 5.87. The predicted molar refractivity (Wildman–Crippen MR) is 67.6 cm³/mol. The molecule has 1 aliphatic rings. The Hall–Kier alpha value is -0.910. The average molecular weight is 314 g/mol. The third-order valence-electron chi connectivity index (χ3n) is 2.40. The highest BCUT2D eigenvalue weighted by molar-refractivity contribution is 14.1. The number of hydrogen-bond acceptors (Lipinski definition) is 2. The van der Waals surface area contributed by atoms with Crippen molar-refractivity contribution in [3.63, 3.8) is 0 Å². The maximum atomic E-state index is 11.1. The first-order valence-electron chi connectivity index (χ1n) is 4.79. The number of carbonyl (C=O) groups is 1. The topological polar surface area (TPSA) is 41.5 Å². The number of hydrazone groups is 1. The first kappa shape index (κ1) is 10.6. The molecule has 1 atom stereocenters. The Labute approximate surface area is 102 Å². The maximum absolute atomic E-state index is 11.1. The Morgan fingerprint density at radius 1 is 1.40 bits per heavy atom. The largest absolute Gasteiger partial charge is 0.273 e. The number of benzene rings is 1. The molecule has 2 rings (SSSR count). The highest BCUT2D eigenvalue weighted by Crippen LogP contribution is 2.17. The Kier molecular flexibility index (Phi) is 3.04. The number of nitrogens with zero attached hydrogens (tertiary/aromatic N) is 1. The predicted octanol–water partition coefficient (Wildman–Crippen LogP) is 2.15. The zero-order chi connectivity index (χ0) is 10.8. The zero-order valence-electron chi connectivity index (χ0n) is 8.33. The Balaban J connectivity index is 2.31. The van der Waals surface area contributed by atoms with E-state index in [1.165, 1.54) is 3.57 Å². The van der Waals surface area contributed by atoms with Crippen molar-refractivity contribution in [2.75, 3.05) is 0 Å². The van der Waals surface area contributed by atoms with Gasteiger partial charge in [0.25, 0.3) is 0 Å². The van der Waals surface area contributed by atoms with Crippen LogP contribution in [0, 0.1) is 9.49 Å². The van der Waals surface area contributed by atoms with Gasteiger partial charge in [0.2, 0.25) is 5.91 Å². The summed E-state index contributed by atoms with van der Waals surface area (Å²) in [5.41, 5.74) is 4.57. The van der Waals surface area contributed by atoms with Crippen molar-refractivity contribution in [3.8, 4) is 0 Å². The van der Waals surface area contributed by atoms with Gasteiger partial charge in [-0.1, -0.05) is 19.1 Å². The van der Waals surface area contributed by atoms with Crippen LogP contribution in [0.5, 0.6) is 0 Å². The van der Waals surface area contributed by atoms with Crippen LogP contribution in [0.3, 0.4) is 0 Å². The highest BCUT2D eigenvalue weighted by atomic mass is 127. The minimum Gasteiger partial charge on any atom is -0.273 e. The van der Waals surface area contributed by atoms with Crippen molar-refractivity contribution < 1.29 is 4.79 Å². The molecule has 0 spiro atoms. The second-order valence-electron chi connectivity index (χ2n) is 3.64. The summed E-state index contributed by atoms with van der Waals surface area (Å²) in [6.45, 7) is 2.02. The van der Waals surface area contributed by atoms with Crippen molar-refractivity contribution in [1.29, 1.82) is 0 Å². The molecule has 4 heteroatoms. The minimum absolute atomic E-state index is 0.00300. The Morgan fingerprint density at radius 3 is 2.67 bits per heavy atom. The standard InChI is InChI=1S/C11H11IN2O/c1-7-6-10(15)13-14-11(7)8-2-4-9(12)5-3-8/h2-5,7H,6H2,1H3,(H,13,15)/t7-/m1/s1. The van der Waals surface area contributed by atoms with Gasteiger partial charge in [0.05, 0.1) is 5.71 Å². The molecule has 0 aliphatic carbocycles. The first-order chi connectivity index (χ1) is 7.16. The van der Waals surface area contributed by atoms with Crippen LogP contribution >= 0.6 is 22.6 Å². The molecule has 0 unspecified atom stereocenters. The molecular weight excluding hydrogens is 303 g/mol. The summed E-state index contributed by atoms with van der Waals surface area (Å²) in [5, 5.41) is 4.11. The fraction of sp³-hybridized carbons (Fsp3) is 0.273. The average Bonchev–Trinajstić information content (AvgIpc) is 2.20. The van der Waals surface area contributed by atoms with Crippen molar-refractivity contribution in [2.24, 2.45) is 11.0 Å². The lowest BCUT2D eigenvalue weighted by Gasteiger charge is -2.18. The monoisotopic (exact) mass is 314 g/mol. The number of carbonyl (C=O) groups excluding carboxylic acids is 1. The molecule has 0 fully saturated rings. The molecule has 0 saturated heterocycles. The molecule has 15 heavy (non-hydrogen) atoms.